The SMILES string of the molecule is CC(C)COc1cccc(C(=O)NCCN2CCNCC2)c1. The van der Waals surface area contributed by atoms with E-state index in [1.54, 1.807) is 0 Å². The lowest BCUT2D eigenvalue weighted by molar-refractivity contribution is 0.0946. The topological polar surface area (TPSA) is 53.6 Å². The van der Waals surface area contributed by atoms with Crippen LogP contribution in [0.3, 0.4) is 0 Å². The van der Waals surface area contributed by atoms with Crippen molar-refractivity contribution in [1.82, 2.24) is 15.5 Å². The van der Waals surface area contributed by atoms with Crippen molar-refractivity contribution >= 4 is 5.91 Å². The van der Waals surface area contributed by atoms with Gasteiger partial charge in [0.1, 0.15) is 5.75 Å². The van der Waals surface area contributed by atoms with Gasteiger partial charge in [0.15, 0.2) is 0 Å². The third-order valence-electron chi connectivity index (χ3n) is 3.60. The molecule has 0 radical (unpaired) electrons. The van der Waals surface area contributed by atoms with E-state index in [1.165, 1.54) is 0 Å². The molecule has 0 bridgehead atoms. The van der Waals surface area contributed by atoms with Crippen LogP contribution in [0.5, 0.6) is 5.75 Å². The van der Waals surface area contributed by atoms with Gasteiger partial charge in [-0.1, -0.05) is 19.9 Å². The monoisotopic (exact) mass is 305 g/mol. The normalized spacial score (nSPS) is 15.8. The first-order valence-electron chi connectivity index (χ1n) is 8.09. The maximum atomic E-state index is 12.2. The van der Waals surface area contributed by atoms with Gasteiger partial charge in [0.25, 0.3) is 5.91 Å². The number of amides is 1. The number of hydrogen-bond acceptors (Lipinski definition) is 4. The molecule has 1 saturated heterocycles. The van der Waals surface area contributed by atoms with Crippen LogP contribution in [0.2, 0.25) is 0 Å². The van der Waals surface area contributed by atoms with Crippen molar-refractivity contribution in [1.29, 1.82) is 0 Å². The zero-order valence-corrected chi connectivity index (χ0v) is 13.6. The van der Waals surface area contributed by atoms with E-state index in [9.17, 15) is 4.79 Å². The number of rotatable bonds is 7. The predicted octanol–water partition coefficient (Wildman–Crippen LogP) is 1.36. The van der Waals surface area contributed by atoms with Crippen molar-refractivity contribution in [2.24, 2.45) is 5.92 Å². The van der Waals surface area contributed by atoms with Gasteiger partial charge in [-0.15, -0.1) is 0 Å². The summed E-state index contributed by atoms with van der Waals surface area (Å²) in [4.78, 5) is 14.5. The summed E-state index contributed by atoms with van der Waals surface area (Å²) in [5.74, 6) is 1.19. The minimum atomic E-state index is -0.0369. The minimum absolute atomic E-state index is 0.0369. The third kappa shape index (κ3) is 5.66. The molecule has 1 aliphatic heterocycles. The van der Waals surface area contributed by atoms with Crippen molar-refractivity contribution in [3.05, 3.63) is 29.8 Å². The molecule has 0 atom stereocenters. The molecule has 0 aromatic heterocycles. The highest BCUT2D eigenvalue weighted by atomic mass is 16.5. The maximum absolute atomic E-state index is 12.2. The highest BCUT2D eigenvalue weighted by Crippen LogP contribution is 2.14. The van der Waals surface area contributed by atoms with Crippen molar-refractivity contribution in [2.75, 3.05) is 45.9 Å². The quantitative estimate of drug-likeness (QED) is 0.798. The minimum Gasteiger partial charge on any atom is -0.493 e. The first kappa shape index (κ1) is 16.8. The van der Waals surface area contributed by atoms with Crippen molar-refractivity contribution < 1.29 is 9.53 Å². The fourth-order valence-electron chi connectivity index (χ4n) is 2.35. The first-order valence-corrected chi connectivity index (χ1v) is 8.09. The van der Waals surface area contributed by atoms with Crippen LogP contribution < -0.4 is 15.4 Å². The number of nitrogens with zero attached hydrogens (tertiary/aromatic N) is 1. The standard InChI is InChI=1S/C17H27N3O2/c1-14(2)13-22-16-5-3-4-15(12-16)17(21)19-8-11-20-9-6-18-7-10-20/h3-5,12,14,18H,6-11,13H2,1-2H3,(H,19,21). The molecule has 2 N–H and O–H groups in total. The van der Waals surface area contributed by atoms with Gasteiger partial charge in [-0.25, -0.2) is 0 Å². The molecule has 5 heteroatoms. The van der Waals surface area contributed by atoms with E-state index in [4.69, 9.17) is 4.74 Å². The second-order valence-electron chi connectivity index (χ2n) is 6.08. The molecule has 1 heterocycles. The smallest absolute Gasteiger partial charge is 0.251 e. The molecule has 1 fully saturated rings. The van der Waals surface area contributed by atoms with Gasteiger partial charge in [-0.2, -0.15) is 0 Å². The highest BCUT2D eigenvalue weighted by molar-refractivity contribution is 5.94. The molecule has 5 nitrogen and oxygen atoms in total. The van der Waals surface area contributed by atoms with E-state index >= 15 is 0 Å². The Hall–Kier alpha value is -1.59. The third-order valence-corrected chi connectivity index (χ3v) is 3.60. The van der Waals surface area contributed by atoms with Crippen molar-refractivity contribution in [3.63, 3.8) is 0 Å². The van der Waals surface area contributed by atoms with Crippen LogP contribution in [0.1, 0.15) is 24.2 Å². The summed E-state index contributed by atoms with van der Waals surface area (Å²) in [6.07, 6.45) is 0. The molecular weight excluding hydrogens is 278 g/mol. The Morgan fingerprint density at radius 3 is 2.86 bits per heavy atom. The second-order valence-corrected chi connectivity index (χ2v) is 6.08. The summed E-state index contributed by atoms with van der Waals surface area (Å²) in [5.41, 5.74) is 0.654. The number of piperazine rings is 1. The summed E-state index contributed by atoms with van der Waals surface area (Å²) < 4.78 is 5.66. The van der Waals surface area contributed by atoms with Gasteiger partial charge >= 0.3 is 0 Å². The number of ether oxygens (including phenoxy) is 1. The second kappa shape index (κ2) is 8.76. The van der Waals surface area contributed by atoms with Crippen molar-refractivity contribution in [3.8, 4) is 5.75 Å². The van der Waals surface area contributed by atoms with E-state index < -0.39 is 0 Å². The van der Waals surface area contributed by atoms with Crippen LogP contribution in [0.15, 0.2) is 24.3 Å². The van der Waals surface area contributed by atoms with E-state index in [2.05, 4.69) is 29.4 Å². The maximum Gasteiger partial charge on any atom is 0.251 e. The molecule has 0 spiro atoms. The number of carbonyl (C=O) groups is 1. The summed E-state index contributed by atoms with van der Waals surface area (Å²) in [5, 5.41) is 6.30. The average Bonchev–Trinajstić information content (AvgIpc) is 2.54. The van der Waals surface area contributed by atoms with Gasteiger partial charge in [0, 0.05) is 44.8 Å². The Bertz CT molecular complexity index is 471. The van der Waals surface area contributed by atoms with Crippen molar-refractivity contribution in [2.45, 2.75) is 13.8 Å². The fraction of sp³-hybridized carbons (Fsp3) is 0.588. The summed E-state index contributed by atoms with van der Waals surface area (Å²) in [6, 6.07) is 7.38. The lowest BCUT2D eigenvalue weighted by atomic mass is 10.2. The fourth-order valence-corrected chi connectivity index (χ4v) is 2.35. The summed E-state index contributed by atoms with van der Waals surface area (Å²) in [7, 11) is 0. The van der Waals surface area contributed by atoms with Crippen LogP contribution in [0.4, 0.5) is 0 Å². The molecule has 122 valence electrons. The highest BCUT2D eigenvalue weighted by Gasteiger charge is 2.10. The van der Waals surface area contributed by atoms with Gasteiger partial charge in [-0.3, -0.25) is 9.69 Å². The van der Waals surface area contributed by atoms with Gasteiger partial charge < -0.3 is 15.4 Å². The number of hydrogen-bond donors (Lipinski definition) is 2. The molecule has 0 aliphatic carbocycles. The Balaban J connectivity index is 1.77. The van der Waals surface area contributed by atoms with Crippen LogP contribution in [-0.4, -0.2) is 56.7 Å². The van der Waals surface area contributed by atoms with Crippen LogP contribution in [-0.2, 0) is 0 Å². The molecule has 1 aromatic rings. The first-order chi connectivity index (χ1) is 10.6. The largest absolute Gasteiger partial charge is 0.493 e. The predicted molar refractivity (Wildman–Crippen MR) is 88.4 cm³/mol. The lowest BCUT2D eigenvalue weighted by Gasteiger charge is -2.27. The zero-order valence-electron chi connectivity index (χ0n) is 13.6. The zero-order chi connectivity index (χ0) is 15.8. The Kier molecular flexibility index (Phi) is 6.68. The summed E-state index contributed by atoms with van der Waals surface area (Å²) in [6.45, 7) is 10.6. The average molecular weight is 305 g/mol. The Labute approximate surface area is 133 Å². The number of carbonyl (C=O) groups excluding carboxylic acids is 1. The number of nitrogens with one attached hydrogen (secondary N) is 2. The van der Waals surface area contributed by atoms with Crippen LogP contribution in [0.25, 0.3) is 0 Å². The molecule has 22 heavy (non-hydrogen) atoms. The molecule has 1 amide bonds. The molecule has 1 aromatic carbocycles. The van der Waals surface area contributed by atoms with Crippen LogP contribution in [0, 0.1) is 5.92 Å². The number of benzene rings is 1. The Morgan fingerprint density at radius 2 is 2.14 bits per heavy atom. The molecule has 2 rings (SSSR count). The summed E-state index contributed by atoms with van der Waals surface area (Å²) >= 11 is 0. The van der Waals surface area contributed by atoms with Gasteiger partial charge in [-0.05, 0) is 24.1 Å². The molecule has 1 aliphatic rings. The van der Waals surface area contributed by atoms with Crippen LogP contribution >= 0.6 is 0 Å². The molecule has 0 saturated carbocycles. The Morgan fingerprint density at radius 1 is 1.36 bits per heavy atom. The van der Waals surface area contributed by atoms with E-state index in [0.717, 1.165) is 38.5 Å². The van der Waals surface area contributed by atoms with E-state index in [1.807, 2.05) is 24.3 Å². The van der Waals surface area contributed by atoms with Gasteiger partial charge in [0.2, 0.25) is 0 Å². The molecule has 0 unspecified atom stereocenters. The van der Waals surface area contributed by atoms with E-state index in [0.29, 0.717) is 24.6 Å². The lowest BCUT2D eigenvalue weighted by Crippen LogP contribution is -2.46. The molecular formula is C17H27N3O2. The van der Waals surface area contributed by atoms with E-state index in [-0.39, 0.29) is 5.91 Å². The van der Waals surface area contributed by atoms with Gasteiger partial charge in [0.05, 0.1) is 6.61 Å².